The zero-order valence-corrected chi connectivity index (χ0v) is 17.7. The van der Waals surface area contributed by atoms with Crippen molar-refractivity contribution in [2.45, 2.75) is 24.8 Å². The van der Waals surface area contributed by atoms with E-state index >= 15 is 0 Å². The van der Waals surface area contributed by atoms with Gasteiger partial charge in [0, 0.05) is 12.5 Å². The van der Waals surface area contributed by atoms with Crippen LogP contribution in [0, 0.1) is 17.0 Å². The summed E-state index contributed by atoms with van der Waals surface area (Å²) in [5, 5.41) is 11.5. The molecule has 0 saturated heterocycles. The highest BCUT2D eigenvalue weighted by Crippen LogP contribution is 2.22. The molecule has 0 aliphatic heterocycles. The number of nitro groups is 1. The smallest absolute Gasteiger partial charge is 0.343 e. The number of hydrogen-bond acceptors (Lipinski definition) is 6. The second-order valence-corrected chi connectivity index (χ2v) is 8.22. The van der Waals surface area contributed by atoms with Gasteiger partial charge >= 0.3 is 5.82 Å². The summed E-state index contributed by atoms with van der Waals surface area (Å²) in [5.74, 6) is 0.801. The second-order valence-electron chi connectivity index (χ2n) is 6.83. The van der Waals surface area contributed by atoms with Crippen molar-refractivity contribution in [2.24, 2.45) is 0 Å². The van der Waals surface area contributed by atoms with Crippen LogP contribution < -0.4 is 4.74 Å². The lowest BCUT2D eigenvalue weighted by Crippen LogP contribution is -2.10. The molecule has 0 radical (unpaired) electrons. The van der Waals surface area contributed by atoms with Gasteiger partial charge in [0.05, 0.1) is 18.6 Å². The molecule has 0 aliphatic rings. The Balaban J connectivity index is 1.93. The van der Waals surface area contributed by atoms with Crippen molar-refractivity contribution in [3.63, 3.8) is 0 Å². The Bertz CT molecular complexity index is 1250. The first-order valence-electron chi connectivity index (χ1n) is 9.28. The predicted octanol–water partition coefficient (Wildman–Crippen LogP) is 3.77. The van der Waals surface area contributed by atoms with Gasteiger partial charge in [0.15, 0.2) is 0 Å². The molecule has 10 heteroatoms. The summed E-state index contributed by atoms with van der Waals surface area (Å²) in [6.45, 7) is 1.89. The van der Waals surface area contributed by atoms with Crippen LogP contribution in [0.5, 0.6) is 5.75 Å². The minimum atomic E-state index is -4.42. The molecular formula is C21H21N3O6S. The summed E-state index contributed by atoms with van der Waals surface area (Å²) < 4.78 is 39.4. The summed E-state index contributed by atoms with van der Waals surface area (Å²) in [5.41, 5.74) is 2.00. The van der Waals surface area contributed by atoms with Gasteiger partial charge in [-0.15, -0.1) is 0 Å². The molecule has 162 valence electrons. The van der Waals surface area contributed by atoms with Crippen LogP contribution in [0.15, 0.2) is 53.6 Å². The van der Waals surface area contributed by atoms with E-state index in [2.05, 4.69) is 4.98 Å². The van der Waals surface area contributed by atoms with E-state index in [1.54, 1.807) is 44.4 Å². The Hall–Kier alpha value is -3.50. The number of aryl methyl sites for hydroxylation is 2. The number of methoxy groups -OCH3 is 1. The van der Waals surface area contributed by atoms with Crippen molar-refractivity contribution in [2.75, 3.05) is 7.11 Å². The van der Waals surface area contributed by atoms with Crippen molar-refractivity contribution in [3.05, 3.63) is 81.3 Å². The molecule has 1 heterocycles. The van der Waals surface area contributed by atoms with Gasteiger partial charge in [-0.25, -0.2) is 9.55 Å². The van der Waals surface area contributed by atoms with Gasteiger partial charge in [-0.3, -0.25) is 4.55 Å². The summed E-state index contributed by atoms with van der Waals surface area (Å²) in [6, 6.07) is 11.8. The number of imidazole rings is 1. The van der Waals surface area contributed by atoms with E-state index in [0.29, 0.717) is 17.1 Å². The number of nitrogens with zero attached hydrogens (tertiary/aromatic N) is 3. The first-order valence-corrected chi connectivity index (χ1v) is 10.7. The molecule has 0 fully saturated rings. The van der Waals surface area contributed by atoms with Gasteiger partial charge in [-0.1, -0.05) is 29.8 Å². The third kappa shape index (κ3) is 5.36. The molecule has 1 aromatic heterocycles. The molecule has 0 atom stereocenters. The van der Waals surface area contributed by atoms with Crippen LogP contribution in [-0.2, 0) is 23.1 Å². The maximum absolute atomic E-state index is 11.7. The molecule has 0 bridgehead atoms. The van der Waals surface area contributed by atoms with Gasteiger partial charge in [0.2, 0.25) is 5.82 Å². The monoisotopic (exact) mass is 443 g/mol. The molecule has 9 nitrogen and oxygen atoms in total. The fourth-order valence-electron chi connectivity index (χ4n) is 3.19. The Kier molecular flexibility index (Phi) is 6.52. The Labute approximate surface area is 179 Å². The molecule has 2 aromatic carbocycles. The lowest BCUT2D eigenvalue weighted by Gasteiger charge is -2.09. The van der Waals surface area contributed by atoms with E-state index < -0.39 is 15.0 Å². The van der Waals surface area contributed by atoms with Crippen LogP contribution in [0.1, 0.15) is 22.5 Å². The standard InChI is InChI=1S/C21H21N3O6S/c1-15-6-8-19(31(27,28)29)17(12-15)10-11-23-20(22-14-21(23)24(25)26)9-7-16-4-3-5-18(13-16)30-2/h3-9,12-14H,10-11H2,1-2H3,(H,27,28,29)/b9-7-. The molecule has 31 heavy (non-hydrogen) atoms. The maximum Gasteiger partial charge on any atom is 0.343 e. The van der Waals surface area contributed by atoms with Gasteiger partial charge in [0.1, 0.15) is 11.9 Å². The van der Waals surface area contributed by atoms with E-state index in [1.807, 2.05) is 18.2 Å². The first kappa shape index (κ1) is 22.2. The van der Waals surface area contributed by atoms with E-state index in [9.17, 15) is 23.1 Å². The SMILES string of the molecule is COc1cccc(/C=C\c2ncc([N+](=O)[O-])n2CCc2cc(C)ccc2S(=O)(=O)O)c1. The van der Waals surface area contributed by atoms with Crippen LogP contribution in [0.2, 0.25) is 0 Å². The average Bonchev–Trinajstić information content (AvgIpc) is 3.13. The van der Waals surface area contributed by atoms with Gasteiger partial charge < -0.3 is 14.9 Å². The van der Waals surface area contributed by atoms with Crippen LogP contribution in [-0.4, -0.2) is 34.6 Å². The summed E-state index contributed by atoms with van der Waals surface area (Å²) >= 11 is 0. The minimum absolute atomic E-state index is 0.0973. The fraction of sp³-hybridized carbons (Fsp3) is 0.190. The predicted molar refractivity (Wildman–Crippen MR) is 116 cm³/mol. The summed E-state index contributed by atoms with van der Waals surface area (Å²) in [7, 11) is -2.85. The minimum Gasteiger partial charge on any atom is -0.497 e. The Morgan fingerprint density at radius 3 is 2.68 bits per heavy atom. The van der Waals surface area contributed by atoms with Gasteiger partial charge in [-0.05, 0) is 47.2 Å². The summed E-state index contributed by atoms with van der Waals surface area (Å²) in [4.78, 5) is 14.8. The first-order chi connectivity index (χ1) is 14.7. The Morgan fingerprint density at radius 2 is 2.00 bits per heavy atom. The average molecular weight is 443 g/mol. The van der Waals surface area contributed by atoms with E-state index in [1.165, 1.54) is 10.6 Å². The molecule has 0 saturated carbocycles. The van der Waals surface area contributed by atoms with Gasteiger partial charge in [-0.2, -0.15) is 8.42 Å². The van der Waals surface area contributed by atoms with Crippen molar-refractivity contribution < 1.29 is 22.6 Å². The van der Waals surface area contributed by atoms with Crippen LogP contribution in [0.4, 0.5) is 5.82 Å². The Morgan fingerprint density at radius 1 is 1.23 bits per heavy atom. The fourth-order valence-corrected chi connectivity index (χ4v) is 3.92. The number of ether oxygens (including phenoxy) is 1. The van der Waals surface area contributed by atoms with E-state index in [4.69, 9.17) is 4.74 Å². The number of hydrogen-bond donors (Lipinski definition) is 1. The van der Waals surface area contributed by atoms with E-state index in [-0.39, 0.29) is 23.7 Å². The summed E-state index contributed by atoms with van der Waals surface area (Å²) in [6.07, 6.45) is 4.70. The highest BCUT2D eigenvalue weighted by molar-refractivity contribution is 7.85. The molecule has 0 spiro atoms. The molecule has 0 unspecified atom stereocenters. The third-order valence-electron chi connectivity index (χ3n) is 4.67. The van der Waals surface area contributed by atoms with Crippen molar-refractivity contribution in [1.82, 2.24) is 9.55 Å². The van der Waals surface area contributed by atoms with Crippen LogP contribution in [0.25, 0.3) is 12.2 Å². The van der Waals surface area contributed by atoms with Gasteiger partial charge in [0.25, 0.3) is 10.1 Å². The number of rotatable bonds is 8. The molecule has 1 N–H and O–H groups in total. The lowest BCUT2D eigenvalue weighted by molar-refractivity contribution is -0.392. The highest BCUT2D eigenvalue weighted by atomic mass is 32.2. The molecular weight excluding hydrogens is 422 g/mol. The van der Waals surface area contributed by atoms with Crippen molar-refractivity contribution in [3.8, 4) is 5.75 Å². The molecule has 0 aliphatic carbocycles. The van der Waals surface area contributed by atoms with Crippen molar-refractivity contribution >= 4 is 28.1 Å². The molecule has 0 amide bonds. The van der Waals surface area contributed by atoms with Crippen molar-refractivity contribution in [1.29, 1.82) is 0 Å². The normalized spacial score (nSPS) is 11.7. The van der Waals surface area contributed by atoms with Crippen LogP contribution >= 0.6 is 0 Å². The zero-order valence-electron chi connectivity index (χ0n) is 16.9. The van der Waals surface area contributed by atoms with Crippen LogP contribution in [0.3, 0.4) is 0 Å². The molecule has 3 aromatic rings. The van der Waals surface area contributed by atoms with E-state index in [0.717, 1.165) is 17.3 Å². The quantitative estimate of drug-likeness (QED) is 0.319. The zero-order chi connectivity index (χ0) is 22.6. The largest absolute Gasteiger partial charge is 0.497 e. The molecule has 3 rings (SSSR count). The number of aromatic nitrogens is 2. The second kappa shape index (κ2) is 9.11. The lowest BCUT2D eigenvalue weighted by atomic mass is 10.1. The third-order valence-corrected chi connectivity index (χ3v) is 5.62. The topological polar surface area (TPSA) is 125 Å². The highest BCUT2D eigenvalue weighted by Gasteiger charge is 2.21. The number of benzene rings is 2. The maximum atomic E-state index is 11.7.